The van der Waals surface area contributed by atoms with Crippen molar-refractivity contribution < 1.29 is 14.8 Å². The lowest BCUT2D eigenvalue weighted by molar-refractivity contribution is -0.385. The summed E-state index contributed by atoms with van der Waals surface area (Å²) in [6, 6.07) is 12.8. The number of benzene rings is 2. The molecule has 2 aromatic carbocycles. The van der Waals surface area contributed by atoms with Gasteiger partial charge in [-0.15, -0.1) is 0 Å². The van der Waals surface area contributed by atoms with Crippen molar-refractivity contribution in [3.63, 3.8) is 0 Å². The number of nitro benzene ring substituents is 1. The zero-order chi connectivity index (χ0) is 22.0. The molecule has 2 aliphatic rings. The normalized spacial score (nSPS) is 18.7. The lowest BCUT2D eigenvalue weighted by Crippen LogP contribution is -2.39. The molecule has 0 radical (unpaired) electrons. The van der Waals surface area contributed by atoms with Crippen molar-refractivity contribution in [1.82, 2.24) is 4.90 Å². The molecule has 1 heterocycles. The number of rotatable bonds is 5. The van der Waals surface area contributed by atoms with Gasteiger partial charge in [0.15, 0.2) is 0 Å². The highest BCUT2D eigenvalue weighted by Crippen LogP contribution is 2.40. The molecule has 1 amide bonds. The highest BCUT2D eigenvalue weighted by atomic mass is 32.2. The number of carbonyl (C=O) groups excluding carboxylic acids is 1. The number of nitro groups is 1. The number of amides is 1. The van der Waals surface area contributed by atoms with Crippen LogP contribution >= 0.6 is 24.0 Å². The fraction of sp³-hybridized carbons (Fsp3) is 0.304. The van der Waals surface area contributed by atoms with E-state index in [4.69, 9.17) is 12.2 Å². The van der Waals surface area contributed by atoms with Crippen molar-refractivity contribution in [3.8, 4) is 5.75 Å². The van der Waals surface area contributed by atoms with E-state index in [2.05, 4.69) is 0 Å². The number of thioether (sulfide) groups is 1. The van der Waals surface area contributed by atoms with Crippen molar-refractivity contribution in [3.05, 3.63) is 74.2 Å². The van der Waals surface area contributed by atoms with E-state index in [-0.39, 0.29) is 23.2 Å². The zero-order valence-electron chi connectivity index (χ0n) is 16.8. The Morgan fingerprint density at radius 1 is 1.16 bits per heavy atom. The predicted molar refractivity (Wildman–Crippen MR) is 126 cm³/mol. The minimum atomic E-state index is -0.603. The van der Waals surface area contributed by atoms with Gasteiger partial charge in [0.2, 0.25) is 5.75 Å². The van der Waals surface area contributed by atoms with Gasteiger partial charge in [0.25, 0.3) is 5.91 Å². The predicted octanol–water partition coefficient (Wildman–Crippen LogP) is 5.43. The summed E-state index contributed by atoms with van der Waals surface area (Å²) in [6.07, 6.45) is 7.20. The first-order valence-corrected chi connectivity index (χ1v) is 11.5. The van der Waals surface area contributed by atoms with Gasteiger partial charge in [0, 0.05) is 17.7 Å². The summed E-state index contributed by atoms with van der Waals surface area (Å²) in [5, 5.41) is 22.0. The number of aromatic hydroxyl groups is 1. The molecule has 1 saturated carbocycles. The third kappa shape index (κ3) is 4.65. The summed E-state index contributed by atoms with van der Waals surface area (Å²) in [5.74, 6) is -0.623. The fourth-order valence-electron chi connectivity index (χ4n) is 4.16. The molecule has 0 bridgehead atoms. The van der Waals surface area contributed by atoms with E-state index < -0.39 is 10.7 Å². The molecule has 1 aliphatic heterocycles. The Labute approximate surface area is 190 Å². The molecule has 160 valence electrons. The Morgan fingerprint density at radius 3 is 2.55 bits per heavy atom. The quantitative estimate of drug-likeness (QED) is 0.281. The topological polar surface area (TPSA) is 83.7 Å². The molecule has 0 unspecified atom stereocenters. The molecule has 0 spiro atoms. The molecule has 0 aromatic heterocycles. The van der Waals surface area contributed by atoms with Crippen molar-refractivity contribution in [1.29, 1.82) is 0 Å². The van der Waals surface area contributed by atoms with Gasteiger partial charge in [-0.2, -0.15) is 0 Å². The third-order valence-electron chi connectivity index (χ3n) is 5.68. The molecule has 6 nitrogen and oxygen atoms in total. The maximum absolute atomic E-state index is 13.1. The summed E-state index contributed by atoms with van der Waals surface area (Å²) in [4.78, 5) is 26.0. The molecular weight excluding hydrogens is 432 g/mol. The third-order valence-corrected chi connectivity index (χ3v) is 7.01. The highest BCUT2D eigenvalue weighted by molar-refractivity contribution is 8.26. The van der Waals surface area contributed by atoms with Crippen LogP contribution in [0.25, 0.3) is 6.08 Å². The minimum absolute atomic E-state index is 0.111. The number of hydrogen-bond donors (Lipinski definition) is 1. The molecule has 1 saturated heterocycles. The molecule has 0 atom stereocenters. The largest absolute Gasteiger partial charge is 0.502 e. The number of nitrogens with zero attached hydrogens (tertiary/aromatic N) is 2. The van der Waals surface area contributed by atoms with Gasteiger partial charge >= 0.3 is 5.69 Å². The maximum atomic E-state index is 13.1. The Morgan fingerprint density at radius 2 is 1.87 bits per heavy atom. The molecule has 1 aliphatic carbocycles. The Bertz CT molecular complexity index is 1060. The first-order chi connectivity index (χ1) is 14.9. The average Bonchev–Trinajstić information content (AvgIpc) is 3.04. The first-order valence-electron chi connectivity index (χ1n) is 10.3. The first kappa shape index (κ1) is 21.5. The number of phenolic OH excluding ortho intramolecular Hbond substituents is 1. The van der Waals surface area contributed by atoms with Crippen molar-refractivity contribution in [2.75, 3.05) is 0 Å². The Balaban J connectivity index is 1.68. The van der Waals surface area contributed by atoms with E-state index in [1.807, 2.05) is 30.3 Å². The SMILES string of the molecule is O=C1/C(=C/c2cc(Cc3ccccc3)cc([N+](=O)[O-])c2O)SC(=S)N1C1CCCCC1. The van der Waals surface area contributed by atoms with E-state index in [9.17, 15) is 20.0 Å². The van der Waals surface area contributed by atoms with E-state index in [1.165, 1.54) is 30.3 Å². The number of thiocarbonyl (C=S) groups is 1. The van der Waals surface area contributed by atoms with Crippen LogP contribution in [0.2, 0.25) is 0 Å². The van der Waals surface area contributed by atoms with Crippen LogP contribution in [0.5, 0.6) is 5.75 Å². The van der Waals surface area contributed by atoms with Crippen molar-refractivity contribution in [2.24, 2.45) is 0 Å². The molecule has 8 heteroatoms. The smallest absolute Gasteiger partial charge is 0.311 e. The second-order valence-corrected chi connectivity index (χ2v) is 9.49. The standard InChI is InChI=1S/C23H22N2O4S2/c26-21-17(12-16(13-19(21)25(28)29)11-15-7-3-1-4-8-15)14-20-22(27)24(23(30)31-20)18-9-5-2-6-10-18/h1,3-4,7-8,12-14,18,26H,2,5-6,9-11H2/b20-14-. The minimum Gasteiger partial charge on any atom is -0.502 e. The lowest BCUT2D eigenvalue weighted by atomic mass is 9.94. The summed E-state index contributed by atoms with van der Waals surface area (Å²) >= 11 is 6.65. The number of hydrogen-bond acceptors (Lipinski definition) is 6. The van der Waals surface area contributed by atoms with Gasteiger partial charge < -0.3 is 5.11 Å². The second kappa shape index (κ2) is 9.20. The number of carbonyl (C=O) groups is 1. The summed E-state index contributed by atoms with van der Waals surface area (Å²) in [5.41, 5.74) is 1.56. The summed E-state index contributed by atoms with van der Waals surface area (Å²) < 4.78 is 0.512. The van der Waals surface area contributed by atoms with E-state index in [1.54, 1.807) is 11.0 Å². The van der Waals surface area contributed by atoms with Gasteiger partial charge in [0.1, 0.15) is 4.32 Å². The Hall–Kier alpha value is -2.71. The highest BCUT2D eigenvalue weighted by Gasteiger charge is 2.37. The summed E-state index contributed by atoms with van der Waals surface area (Å²) in [7, 11) is 0. The van der Waals surface area contributed by atoms with E-state index >= 15 is 0 Å². The van der Waals surface area contributed by atoms with Crippen LogP contribution in [0, 0.1) is 10.1 Å². The van der Waals surface area contributed by atoms with Gasteiger partial charge in [-0.25, -0.2) is 0 Å². The maximum Gasteiger partial charge on any atom is 0.311 e. The van der Waals surface area contributed by atoms with Gasteiger partial charge in [-0.05, 0) is 42.5 Å². The molecule has 4 rings (SSSR count). The molecule has 31 heavy (non-hydrogen) atoms. The second-order valence-electron chi connectivity index (χ2n) is 7.82. The zero-order valence-corrected chi connectivity index (χ0v) is 18.5. The molecular formula is C23H22N2O4S2. The monoisotopic (exact) mass is 454 g/mol. The van der Waals surface area contributed by atoms with Crippen LogP contribution in [-0.4, -0.2) is 31.2 Å². The fourth-order valence-corrected chi connectivity index (χ4v) is 5.55. The average molecular weight is 455 g/mol. The lowest BCUT2D eigenvalue weighted by Gasteiger charge is -2.29. The van der Waals surface area contributed by atoms with Crippen LogP contribution < -0.4 is 0 Å². The molecule has 2 aromatic rings. The molecule has 2 fully saturated rings. The Kier molecular flexibility index (Phi) is 6.38. The van der Waals surface area contributed by atoms with Crippen LogP contribution in [0.15, 0.2) is 47.4 Å². The molecule has 1 N–H and O–H groups in total. The van der Waals surface area contributed by atoms with Crippen LogP contribution in [0.4, 0.5) is 5.69 Å². The number of phenols is 1. The van der Waals surface area contributed by atoms with Crippen LogP contribution in [0.3, 0.4) is 0 Å². The van der Waals surface area contributed by atoms with E-state index in [0.29, 0.717) is 21.2 Å². The van der Waals surface area contributed by atoms with Gasteiger partial charge in [-0.1, -0.05) is 73.6 Å². The van der Waals surface area contributed by atoms with Crippen LogP contribution in [0.1, 0.15) is 48.8 Å². The van der Waals surface area contributed by atoms with Crippen LogP contribution in [-0.2, 0) is 11.2 Å². The van der Waals surface area contributed by atoms with Crippen molar-refractivity contribution >= 4 is 46.0 Å². The van der Waals surface area contributed by atoms with Gasteiger partial charge in [0.05, 0.1) is 9.83 Å². The van der Waals surface area contributed by atoms with Crippen molar-refractivity contribution in [2.45, 2.75) is 44.6 Å². The van der Waals surface area contributed by atoms with E-state index in [0.717, 1.165) is 31.2 Å². The van der Waals surface area contributed by atoms with Gasteiger partial charge in [-0.3, -0.25) is 19.8 Å². The summed E-state index contributed by atoms with van der Waals surface area (Å²) in [6.45, 7) is 0.